The molecule has 3 heterocycles. The Kier molecular flexibility index (Phi) is 5.51. The second-order valence-electron chi connectivity index (χ2n) is 5.30. The predicted molar refractivity (Wildman–Crippen MR) is 107 cm³/mol. The van der Waals surface area contributed by atoms with E-state index in [-0.39, 0.29) is 0 Å². The van der Waals surface area contributed by atoms with Gasteiger partial charge < -0.3 is 0 Å². The topological polar surface area (TPSA) is 38.7 Å². The summed E-state index contributed by atoms with van der Waals surface area (Å²) in [5, 5.41) is 3.37. The van der Waals surface area contributed by atoms with Crippen LogP contribution in [0.3, 0.4) is 0 Å². The van der Waals surface area contributed by atoms with Gasteiger partial charge >= 0.3 is 0 Å². The Morgan fingerprint density at radius 2 is 1.68 bits per heavy atom. The number of rotatable bonds is 3. The van der Waals surface area contributed by atoms with E-state index in [2.05, 4.69) is 52.2 Å². The first-order valence-corrected chi connectivity index (χ1v) is 9.41. The Balaban J connectivity index is 0.000000880. The van der Waals surface area contributed by atoms with Crippen molar-refractivity contribution in [2.45, 2.75) is 27.2 Å². The molecule has 0 saturated heterocycles. The Morgan fingerprint density at radius 3 is 2.40 bits per heavy atom. The minimum absolute atomic E-state index is 0.947. The first-order valence-electron chi connectivity index (χ1n) is 8.60. The number of aryl methyl sites for hydroxylation is 1. The van der Waals surface area contributed by atoms with Crippen LogP contribution < -0.4 is 0 Å². The summed E-state index contributed by atoms with van der Waals surface area (Å²) in [5.41, 5.74) is 3.32. The van der Waals surface area contributed by atoms with E-state index < -0.39 is 0 Å². The third-order valence-corrected chi connectivity index (χ3v) is 4.97. The van der Waals surface area contributed by atoms with Gasteiger partial charge in [-0.25, -0.2) is 4.98 Å². The summed E-state index contributed by atoms with van der Waals surface area (Å²) < 4.78 is 0. The monoisotopic (exact) mass is 347 g/mol. The summed E-state index contributed by atoms with van der Waals surface area (Å²) in [7, 11) is 0. The molecule has 0 aliphatic carbocycles. The number of benzene rings is 1. The lowest BCUT2D eigenvalue weighted by Crippen LogP contribution is -1.90. The van der Waals surface area contributed by atoms with Crippen molar-refractivity contribution >= 4 is 22.1 Å². The molecule has 0 aliphatic heterocycles. The van der Waals surface area contributed by atoms with Gasteiger partial charge in [0.25, 0.3) is 0 Å². The van der Waals surface area contributed by atoms with Gasteiger partial charge in [0, 0.05) is 35.7 Å². The third-order valence-electron chi connectivity index (χ3n) is 3.91. The van der Waals surface area contributed by atoms with E-state index in [0.717, 1.165) is 27.6 Å². The van der Waals surface area contributed by atoms with Crippen LogP contribution in [0.1, 0.15) is 26.3 Å². The molecule has 1 aromatic carbocycles. The van der Waals surface area contributed by atoms with Crippen LogP contribution in [0.5, 0.6) is 0 Å². The molecule has 3 aromatic heterocycles. The van der Waals surface area contributed by atoms with Crippen molar-refractivity contribution in [1.82, 2.24) is 15.0 Å². The summed E-state index contributed by atoms with van der Waals surface area (Å²) in [6, 6.07) is 12.4. The van der Waals surface area contributed by atoms with Crippen LogP contribution in [0.25, 0.3) is 31.9 Å². The first-order chi connectivity index (χ1) is 12.4. The molecule has 0 fully saturated rings. The van der Waals surface area contributed by atoms with E-state index in [4.69, 9.17) is 0 Å². The SMILES string of the molecule is CC.CCc1cnc(-c2ncc(-c3cccnc3)s2)c2ccccc12. The van der Waals surface area contributed by atoms with Crippen molar-refractivity contribution in [2.75, 3.05) is 0 Å². The summed E-state index contributed by atoms with van der Waals surface area (Å²) in [5.74, 6) is 0. The second kappa shape index (κ2) is 7.99. The molecule has 0 atom stereocenters. The summed E-state index contributed by atoms with van der Waals surface area (Å²) in [6.45, 7) is 6.16. The summed E-state index contributed by atoms with van der Waals surface area (Å²) >= 11 is 1.65. The highest BCUT2D eigenvalue weighted by Crippen LogP contribution is 2.34. The van der Waals surface area contributed by atoms with Gasteiger partial charge in [-0.15, -0.1) is 11.3 Å². The fourth-order valence-electron chi connectivity index (χ4n) is 2.73. The van der Waals surface area contributed by atoms with Crippen molar-refractivity contribution in [1.29, 1.82) is 0 Å². The van der Waals surface area contributed by atoms with Crippen LogP contribution in [0, 0.1) is 0 Å². The highest BCUT2D eigenvalue weighted by atomic mass is 32.1. The van der Waals surface area contributed by atoms with E-state index in [9.17, 15) is 0 Å². The van der Waals surface area contributed by atoms with Gasteiger partial charge in [0.2, 0.25) is 0 Å². The van der Waals surface area contributed by atoms with Crippen molar-refractivity contribution in [3.8, 4) is 21.1 Å². The Labute approximate surface area is 152 Å². The van der Waals surface area contributed by atoms with Gasteiger partial charge in [-0.1, -0.05) is 51.1 Å². The molecule has 4 aromatic rings. The van der Waals surface area contributed by atoms with Gasteiger partial charge in [0.05, 0.1) is 4.88 Å². The highest BCUT2D eigenvalue weighted by Gasteiger charge is 2.12. The Bertz CT molecular complexity index is 961. The van der Waals surface area contributed by atoms with Crippen molar-refractivity contribution in [3.05, 3.63) is 66.7 Å². The molecule has 4 rings (SSSR count). The van der Waals surface area contributed by atoms with Gasteiger partial charge in [0.15, 0.2) is 0 Å². The van der Waals surface area contributed by atoms with Crippen molar-refractivity contribution in [2.24, 2.45) is 0 Å². The van der Waals surface area contributed by atoms with Gasteiger partial charge in [-0.3, -0.25) is 9.97 Å². The van der Waals surface area contributed by atoms with Gasteiger partial charge in [-0.05, 0) is 23.4 Å². The fourth-order valence-corrected chi connectivity index (χ4v) is 3.65. The van der Waals surface area contributed by atoms with Gasteiger partial charge in [0.1, 0.15) is 10.7 Å². The van der Waals surface area contributed by atoms with E-state index in [1.807, 2.05) is 38.5 Å². The minimum Gasteiger partial charge on any atom is -0.264 e. The molecule has 0 bridgehead atoms. The number of pyridine rings is 2. The van der Waals surface area contributed by atoms with E-state index in [1.165, 1.54) is 16.3 Å². The maximum Gasteiger partial charge on any atom is 0.143 e. The molecule has 25 heavy (non-hydrogen) atoms. The summed E-state index contributed by atoms with van der Waals surface area (Å²) in [4.78, 5) is 14.6. The maximum absolute atomic E-state index is 4.69. The van der Waals surface area contributed by atoms with Gasteiger partial charge in [-0.2, -0.15) is 0 Å². The standard InChI is InChI=1S/C19H15N3S.C2H6/c1-2-13-11-21-18(16-8-4-3-7-15(13)16)19-22-12-17(23-19)14-6-5-9-20-10-14;1-2/h3-12H,2H2,1H3;1-2H3. The molecular weight excluding hydrogens is 326 g/mol. The average Bonchev–Trinajstić information content (AvgIpc) is 3.19. The van der Waals surface area contributed by atoms with Crippen LogP contribution in [-0.2, 0) is 6.42 Å². The minimum atomic E-state index is 0.947. The molecule has 0 unspecified atom stereocenters. The molecule has 0 N–H and O–H groups in total. The molecule has 4 heteroatoms. The largest absolute Gasteiger partial charge is 0.264 e. The Hall–Kier alpha value is -2.59. The zero-order valence-electron chi connectivity index (χ0n) is 14.7. The van der Waals surface area contributed by atoms with Crippen molar-refractivity contribution < 1.29 is 0 Å². The number of fused-ring (bicyclic) bond motifs is 1. The number of nitrogens with zero attached hydrogens (tertiary/aromatic N) is 3. The lowest BCUT2D eigenvalue weighted by atomic mass is 10.0. The average molecular weight is 347 g/mol. The number of hydrogen-bond acceptors (Lipinski definition) is 4. The fraction of sp³-hybridized carbons (Fsp3) is 0.190. The predicted octanol–water partition coefficient (Wildman–Crippen LogP) is 6.01. The quantitative estimate of drug-likeness (QED) is 0.455. The molecule has 0 amide bonds. The maximum atomic E-state index is 4.69. The molecule has 0 spiro atoms. The third kappa shape index (κ3) is 3.44. The van der Waals surface area contributed by atoms with Crippen LogP contribution in [0.15, 0.2) is 61.2 Å². The molecule has 0 saturated carbocycles. The van der Waals surface area contributed by atoms with E-state index in [0.29, 0.717) is 0 Å². The Morgan fingerprint density at radius 1 is 0.880 bits per heavy atom. The van der Waals surface area contributed by atoms with Crippen LogP contribution >= 0.6 is 11.3 Å². The van der Waals surface area contributed by atoms with Crippen LogP contribution in [0.2, 0.25) is 0 Å². The van der Waals surface area contributed by atoms with Crippen LogP contribution in [-0.4, -0.2) is 15.0 Å². The van der Waals surface area contributed by atoms with Crippen LogP contribution in [0.4, 0.5) is 0 Å². The molecule has 3 nitrogen and oxygen atoms in total. The number of thiazole rings is 1. The molecular formula is C21H21N3S. The van der Waals surface area contributed by atoms with Crippen molar-refractivity contribution in [3.63, 3.8) is 0 Å². The second-order valence-corrected chi connectivity index (χ2v) is 6.33. The lowest BCUT2D eigenvalue weighted by Gasteiger charge is -2.07. The normalized spacial score (nSPS) is 10.4. The molecule has 126 valence electrons. The zero-order chi connectivity index (χ0) is 17.6. The smallest absolute Gasteiger partial charge is 0.143 e. The summed E-state index contributed by atoms with van der Waals surface area (Å²) in [6.07, 6.45) is 8.50. The molecule has 0 radical (unpaired) electrons. The van der Waals surface area contributed by atoms with E-state index in [1.54, 1.807) is 17.5 Å². The zero-order valence-corrected chi connectivity index (χ0v) is 15.5. The van der Waals surface area contributed by atoms with E-state index >= 15 is 0 Å². The lowest BCUT2D eigenvalue weighted by molar-refractivity contribution is 1.13. The molecule has 0 aliphatic rings. The first kappa shape index (κ1) is 17.2. The number of hydrogen-bond donors (Lipinski definition) is 0. The highest BCUT2D eigenvalue weighted by molar-refractivity contribution is 7.18. The number of aromatic nitrogens is 3.